The average molecular weight is 329 g/mol. The van der Waals surface area contributed by atoms with Crippen molar-refractivity contribution in [2.24, 2.45) is 0 Å². The van der Waals surface area contributed by atoms with Gasteiger partial charge in [-0.2, -0.15) is 0 Å². The lowest BCUT2D eigenvalue weighted by Crippen LogP contribution is -2.34. The number of ether oxygens (including phenoxy) is 1. The van der Waals surface area contributed by atoms with E-state index in [0.29, 0.717) is 30.8 Å². The van der Waals surface area contributed by atoms with Gasteiger partial charge in [0.1, 0.15) is 0 Å². The van der Waals surface area contributed by atoms with E-state index in [1.807, 2.05) is 12.1 Å². The van der Waals surface area contributed by atoms with Gasteiger partial charge in [0.15, 0.2) is 0 Å². The Morgan fingerprint density at radius 1 is 1.29 bits per heavy atom. The number of aromatic nitrogens is 1. The second-order valence-electron chi connectivity index (χ2n) is 5.25. The molecule has 0 unspecified atom stereocenters. The molecule has 1 aromatic heterocycles. The zero-order valence-corrected chi connectivity index (χ0v) is 13.6. The minimum Gasteiger partial charge on any atom is -0.383 e. The van der Waals surface area contributed by atoms with Gasteiger partial charge in [0.2, 0.25) is 0 Å². The Morgan fingerprint density at radius 3 is 2.71 bits per heavy atom. The summed E-state index contributed by atoms with van der Waals surface area (Å²) in [7, 11) is 1.56. The minimum absolute atomic E-state index is 0.0645. The largest absolute Gasteiger partial charge is 0.383 e. The van der Waals surface area contributed by atoms with Crippen LogP contribution in [0.2, 0.25) is 0 Å². The zero-order valence-electron chi connectivity index (χ0n) is 13.6. The Balaban J connectivity index is 2.30. The van der Waals surface area contributed by atoms with Gasteiger partial charge in [0.25, 0.3) is 11.6 Å². The second kappa shape index (κ2) is 8.16. The monoisotopic (exact) mass is 329 g/mol. The lowest BCUT2D eigenvalue weighted by atomic mass is 10.1. The van der Waals surface area contributed by atoms with E-state index in [1.165, 1.54) is 12.1 Å². The van der Waals surface area contributed by atoms with Crippen molar-refractivity contribution in [1.82, 2.24) is 9.88 Å². The van der Waals surface area contributed by atoms with Crippen molar-refractivity contribution in [3.8, 4) is 0 Å². The number of carbonyl (C=O) groups excluding carboxylic acids is 1. The normalized spacial score (nSPS) is 10.4. The number of nitro groups is 1. The number of rotatable bonds is 7. The number of methoxy groups -OCH3 is 1. The number of hydrogen-bond acceptors (Lipinski definition) is 5. The van der Waals surface area contributed by atoms with E-state index >= 15 is 0 Å². The van der Waals surface area contributed by atoms with E-state index < -0.39 is 4.92 Å². The summed E-state index contributed by atoms with van der Waals surface area (Å²) in [5.74, 6) is -0.279. The fraction of sp³-hybridized carbons (Fsp3) is 0.294. The molecule has 0 saturated heterocycles. The Bertz CT molecular complexity index is 719. The average Bonchev–Trinajstić information content (AvgIpc) is 2.59. The maximum absolute atomic E-state index is 12.9. The van der Waals surface area contributed by atoms with Gasteiger partial charge in [-0.05, 0) is 25.1 Å². The summed E-state index contributed by atoms with van der Waals surface area (Å²) >= 11 is 0. The van der Waals surface area contributed by atoms with Gasteiger partial charge >= 0.3 is 0 Å². The summed E-state index contributed by atoms with van der Waals surface area (Å²) < 4.78 is 5.07. The Labute approximate surface area is 140 Å². The molecule has 0 atom stereocenters. The van der Waals surface area contributed by atoms with Crippen LogP contribution in [0.4, 0.5) is 5.69 Å². The summed E-state index contributed by atoms with van der Waals surface area (Å²) in [6.45, 7) is 2.63. The molecule has 2 aromatic rings. The molecule has 0 aliphatic rings. The third kappa shape index (κ3) is 4.14. The first kappa shape index (κ1) is 17.6. The molecule has 0 saturated carbocycles. The van der Waals surface area contributed by atoms with Crippen LogP contribution in [0, 0.1) is 17.0 Å². The van der Waals surface area contributed by atoms with Crippen molar-refractivity contribution in [2.45, 2.75) is 13.5 Å². The third-order valence-corrected chi connectivity index (χ3v) is 3.66. The van der Waals surface area contributed by atoms with E-state index in [-0.39, 0.29) is 11.6 Å². The highest BCUT2D eigenvalue weighted by Crippen LogP contribution is 2.22. The predicted octanol–water partition coefficient (Wildman–Crippen LogP) is 2.59. The number of pyridine rings is 1. The molecule has 0 fully saturated rings. The molecule has 2 rings (SSSR count). The first-order valence-electron chi connectivity index (χ1n) is 7.46. The number of nitrogens with zero attached hydrogens (tertiary/aromatic N) is 3. The predicted molar refractivity (Wildman–Crippen MR) is 88.7 cm³/mol. The summed E-state index contributed by atoms with van der Waals surface area (Å²) in [6.07, 6.45) is 1.66. The van der Waals surface area contributed by atoms with Crippen LogP contribution in [0.15, 0.2) is 42.6 Å². The Kier molecular flexibility index (Phi) is 5.97. The first-order chi connectivity index (χ1) is 11.5. The van der Waals surface area contributed by atoms with Gasteiger partial charge in [0.05, 0.1) is 23.8 Å². The molecule has 24 heavy (non-hydrogen) atoms. The third-order valence-electron chi connectivity index (χ3n) is 3.66. The van der Waals surface area contributed by atoms with Crippen LogP contribution in [-0.2, 0) is 11.3 Å². The summed E-state index contributed by atoms with van der Waals surface area (Å²) in [4.78, 5) is 29.3. The van der Waals surface area contributed by atoms with Crippen LogP contribution in [0.3, 0.4) is 0 Å². The van der Waals surface area contributed by atoms with Crippen LogP contribution in [0.25, 0.3) is 0 Å². The van der Waals surface area contributed by atoms with Gasteiger partial charge in [-0.3, -0.25) is 19.9 Å². The second-order valence-corrected chi connectivity index (χ2v) is 5.25. The highest BCUT2D eigenvalue weighted by Gasteiger charge is 2.22. The molecular formula is C17H19N3O4. The number of amides is 1. The SMILES string of the molecule is COCCN(Cc1ccccn1)C(=O)c1cccc([N+](=O)[O-])c1C. The van der Waals surface area contributed by atoms with Gasteiger partial charge in [-0.25, -0.2) is 0 Å². The standard InChI is InChI=1S/C17H19N3O4/c1-13-15(7-5-8-16(13)20(22)23)17(21)19(10-11-24-2)12-14-6-3-4-9-18-14/h3-9H,10-12H2,1-2H3. The van der Waals surface area contributed by atoms with Crippen LogP contribution in [-0.4, -0.2) is 41.0 Å². The zero-order chi connectivity index (χ0) is 17.5. The van der Waals surface area contributed by atoms with Gasteiger partial charge in [-0.15, -0.1) is 0 Å². The molecule has 0 radical (unpaired) electrons. The van der Waals surface area contributed by atoms with E-state index in [1.54, 1.807) is 37.3 Å². The van der Waals surface area contributed by atoms with E-state index in [2.05, 4.69) is 4.98 Å². The summed E-state index contributed by atoms with van der Waals surface area (Å²) in [5, 5.41) is 11.1. The molecule has 1 amide bonds. The van der Waals surface area contributed by atoms with Crippen molar-refractivity contribution >= 4 is 11.6 Å². The molecule has 1 heterocycles. The minimum atomic E-state index is -0.482. The fourth-order valence-electron chi connectivity index (χ4n) is 2.36. The van der Waals surface area contributed by atoms with Crippen LogP contribution in [0.5, 0.6) is 0 Å². The van der Waals surface area contributed by atoms with Gasteiger partial charge in [-0.1, -0.05) is 12.1 Å². The fourth-order valence-corrected chi connectivity index (χ4v) is 2.36. The number of benzene rings is 1. The van der Waals surface area contributed by atoms with E-state index in [4.69, 9.17) is 4.74 Å². The van der Waals surface area contributed by atoms with Crippen molar-refractivity contribution < 1.29 is 14.5 Å². The molecule has 126 valence electrons. The number of nitro benzene ring substituents is 1. The molecule has 7 heteroatoms. The lowest BCUT2D eigenvalue weighted by Gasteiger charge is -2.23. The number of hydrogen-bond donors (Lipinski definition) is 0. The molecule has 0 spiro atoms. The van der Waals surface area contributed by atoms with Crippen molar-refractivity contribution in [1.29, 1.82) is 0 Å². The van der Waals surface area contributed by atoms with Crippen molar-refractivity contribution in [3.63, 3.8) is 0 Å². The molecule has 0 N–H and O–H groups in total. The molecule has 0 aliphatic heterocycles. The maximum Gasteiger partial charge on any atom is 0.273 e. The van der Waals surface area contributed by atoms with E-state index in [9.17, 15) is 14.9 Å². The topological polar surface area (TPSA) is 85.6 Å². The molecule has 0 aliphatic carbocycles. The van der Waals surface area contributed by atoms with Gasteiger partial charge < -0.3 is 9.64 Å². The quantitative estimate of drug-likeness (QED) is 0.576. The Morgan fingerprint density at radius 2 is 2.08 bits per heavy atom. The first-order valence-corrected chi connectivity index (χ1v) is 7.46. The molecular weight excluding hydrogens is 310 g/mol. The number of carbonyl (C=O) groups is 1. The highest BCUT2D eigenvalue weighted by atomic mass is 16.6. The summed E-state index contributed by atoms with van der Waals surface area (Å²) in [5.41, 5.74) is 1.35. The van der Waals surface area contributed by atoms with Crippen molar-refractivity contribution in [2.75, 3.05) is 20.3 Å². The van der Waals surface area contributed by atoms with Crippen LogP contribution < -0.4 is 0 Å². The smallest absolute Gasteiger partial charge is 0.273 e. The van der Waals surface area contributed by atoms with Crippen LogP contribution in [0.1, 0.15) is 21.6 Å². The Hall–Kier alpha value is -2.80. The summed E-state index contributed by atoms with van der Waals surface area (Å²) in [6, 6.07) is 9.99. The van der Waals surface area contributed by atoms with Gasteiger partial charge in [0, 0.05) is 37.0 Å². The van der Waals surface area contributed by atoms with Crippen molar-refractivity contribution in [3.05, 3.63) is 69.5 Å². The maximum atomic E-state index is 12.9. The van der Waals surface area contributed by atoms with E-state index in [0.717, 1.165) is 5.69 Å². The molecule has 1 aromatic carbocycles. The molecule has 7 nitrogen and oxygen atoms in total. The molecule has 0 bridgehead atoms. The highest BCUT2D eigenvalue weighted by molar-refractivity contribution is 5.96. The van der Waals surface area contributed by atoms with Crippen LogP contribution >= 0.6 is 0 Å². The lowest BCUT2D eigenvalue weighted by molar-refractivity contribution is -0.385.